The molecule has 2 saturated heterocycles. The van der Waals surface area contributed by atoms with E-state index in [1.54, 1.807) is 41.3 Å². The fraction of sp³-hybridized carbons (Fsp3) is 0.348. The van der Waals surface area contributed by atoms with Gasteiger partial charge in [-0.25, -0.2) is 4.39 Å². The minimum atomic E-state index is -0.361. The van der Waals surface area contributed by atoms with Crippen molar-refractivity contribution >= 4 is 34.8 Å². The molecule has 0 spiro atoms. The van der Waals surface area contributed by atoms with Crippen molar-refractivity contribution in [3.63, 3.8) is 0 Å². The Morgan fingerprint density at radius 3 is 2.16 bits per heavy atom. The van der Waals surface area contributed by atoms with Crippen molar-refractivity contribution in [3.05, 3.63) is 54.3 Å². The maximum absolute atomic E-state index is 13.1. The van der Waals surface area contributed by atoms with E-state index in [9.17, 15) is 18.8 Å². The number of benzene rings is 2. The molecule has 1 unspecified atom stereocenters. The summed E-state index contributed by atoms with van der Waals surface area (Å²) < 4.78 is 13.1. The Kier molecular flexibility index (Phi) is 5.88. The molecule has 0 aromatic heterocycles. The quantitative estimate of drug-likeness (QED) is 0.819. The van der Waals surface area contributed by atoms with E-state index in [0.717, 1.165) is 11.4 Å². The van der Waals surface area contributed by atoms with Gasteiger partial charge in [0.15, 0.2) is 0 Å². The van der Waals surface area contributed by atoms with Crippen LogP contribution < -0.4 is 15.1 Å². The zero-order chi connectivity index (χ0) is 22.0. The van der Waals surface area contributed by atoms with Crippen LogP contribution in [0.2, 0.25) is 0 Å². The Morgan fingerprint density at radius 1 is 0.935 bits per heavy atom. The summed E-state index contributed by atoms with van der Waals surface area (Å²) in [5, 5.41) is 2.70. The molecule has 2 aliphatic rings. The maximum Gasteiger partial charge on any atom is 0.228 e. The molecule has 3 amide bonds. The summed E-state index contributed by atoms with van der Waals surface area (Å²) in [6.07, 6.45) is 0.199. The zero-order valence-corrected chi connectivity index (χ0v) is 17.4. The van der Waals surface area contributed by atoms with Gasteiger partial charge in [-0.1, -0.05) is 0 Å². The first-order valence-corrected chi connectivity index (χ1v) is 10.4. The van der Waals surface area contributed by atoms with Crippen molar-refractivity contribution in [2.45, 2.75) is 13.3 Å². The first-order chi connectivity index (χ1) is 14.9. The number of anilines is 3. The van der Waals surface area contributed by atoms with Crippen LogP contribution in [0.25, 0.3) is 0 Å². The Bertz CT molecular complexity index is 969. The first-order valence-electron chi connectivity index (χ1n) is 10.4. The van der Waals surface area contributed by atoms with Crippen LogP contribution in [0.3, 0.4) is 0 Å². The monoisotopic (exact) mass is 424 g/mol. The smallest absolute Gasteiger partial charge is 0.228 e. The molecule has 0 aliphatic carbocycles. The number of nitrogens with zero attached hydrogens (tertiary/aromatic N) is 3. The molecule has 0 bridgehead atoms. The molecule has 162 valence electrons. The summed E-state index contributed by atoms with van der Waals surface area (Å²) in [6, 6.07) is 13.4. The lowest BCUT2D eigenvalue weighted by Crippen LogP contribution is -2.50. The Morgan fingerprint density at radius 2 is 1.55 bits per heavy atom. The first kappa shape index (κ1) is 20.8. The number of rotatable bonds is 4. The third-order valence-electron chi connectivity index (χ3n) is 5.76. The number of carbonyl (C=O) groups excluding carboxylic acids is 3. The van der Waals surface area contributed by atoms with Crippen LogP contribution >= 0.6 is 0 Å². The van der Waals surface area contributed by atoms with Crippen LogP contribution in [0.4, 0.5) is 21.5 Å². The van der Waals surface area contributed by atoms with E-state index in [2.05, 4.69) is 10.2 Å². The third-order valence-corrected chi connectivity index (χ3v) is 5.76. The van der Waals surface area contributed by atoms with E-state index in [0.29, 0.717) is 38.4 Å². The number of hydrogen-bond acceptors (Lipinski definition) is 4. The number of hydrogen-bond donors (Lipinski definition) is 1. The molecule has 0 saturated carbocycles. The molecule has 1 N–H and O–H groups in total. The van der Waals surface area contributed by atoms with Gasteiger partial charge in [-0.15, -0.1) is 0 Å². The average Bonchev–Trinajstić information content (AvgIpc) is 3.16. The summed E-state index contributed by atoms with van der Waals surface area (Å²) in [7, 11) is 0. The lowest BCUT2D eigenvalue weighted by molar-refractivity contribution is -0.136. The Balaban J connectivity index is 1.34. The summed E-state index contributed by atoms with van der Waals surface area (Å²) in [4.78, 5) is 42.3. The van der Waals surface area contributed by atoms with E-state index in [-0.39, 0.29) is 35.9 Å². The maximum atomic E-state index is 13.1. The normalized spacial score (nSPS) is 19.0. The highest BCUT2D eigenvalue weighted by atomic mass is 19.1. The number of carbonyl (C=O) groups is 3. The molecule has 2 aromatic carbocycles. The van der Waals surface area contributed by atoms with Gasteiger partial charge in [-0.2, -0.15) is 0 Å². The van der Waals surface area contributed by atoms with Crippen LogP contribution in [-0.4, -0.2) is 55.3 Å². The second-order valence-corrected chi connectivity index (χ2v) is 7.92. The lowest BCUT2D eigenvalue weighted by atomic mass is 10.1. The summed E-state index contributed by atoms with van der Waals surface area (Å²) in [5.41, 5.74) is 2.32. The SMILES string of the molecule is CC(=O)Nc1ccc(N2CC(C(=O)N3CCN(c4ccc(F)cc4)CC3)CC2=O)cc1. The van der Waals surface area contributed by atoms with Crippen molar-refractivity contribution in [2.24, 2.45) is 5.92 Å². The van der Waals surface area contributed by atoms with Crippen molar-refractivity contribution in [3.8, 4) is 0 Å². The highest BCUT2D eigenvalue weighted by molar-refractivity contribution is 6.00. The lowest BCUT2D eigenvalue weighted by Gasteiger charge is -2.37. The molecular weight excluding hydrogens is 399 g/mol. The number of halogens is 1. The van der Waals surface area contributed by atoms with Crippen LogP contribution in [-0.2, 0) is 14.4 Å². The highest BCUT2D eigenvalue weighted by Crippen LogP contribution is 2.28. The van der Waals surface area contributed by atoms with Crippen LogP contribution in [0.15, 0.2) is 48.5 Å². The third kappa shape index (κ3) is 4.68. The van der Waals surface area contributed by atoms with Crippen molar-refractivity contribution < 1.29 is 18.8 Å². The van der Waals surface area contributed by atoms with Gasteiger partial charge in [0.25, 0.3) is 0 Å². The molecule has 31 heavy (non-hydrogen) atoms. The molecule has 2 heterocycles. The van der Waals surface area contributed by atoms with Crippen LogP contribution in [0.5, 0.6) is 0 Å². The fourth-order valence-electron chi connectivity index (χ4n) is 4.15. The minimum absolute atomic E-state index is 0.00414. The second kappa shape index (κ2) is 8.75. The Labute approximate surface area is 180 Å². The number of amides is 3. The Hall–Kier alpha value is -3.42. The largest absolute Gasteiger partial charge is 0.368 e. The van der Waals surface area contributed by atoms with E-state index in [4.69, 9.17) is 0 Å². The van der Waals surface area contributed by atoms with Crippen LogP contribution in [0.1, 0.15) is 13.3 Å². The predicted octanol–water partition coefficient (Wildman–Crippen LogP) is 2.49. The van der Waals surface area contributed by atoms with Gasteiger partial charge in [-0.3, -0.25) is 14.4 Å². The van der Waals surface area contributed by atoms with Gasteiger partial charge in [0.1, 0.15) is 5.82 Å². The average molecular weight is 424 g/mol. The molecule has 2 fully saturated rings. The fourth-order valence-corrected chi connectivity index (χ4v) is 4.15. The number of nitrogens with one attached hydrogen (secondary N) is 1. The molecule has 1 atom stereocenters. The zero-order valence-electron chi connectivity index (χ0n) is 17.4. The molecule has 8 heteroatoms. The minimum Gasteiger partial charge on any atom is -0.368 e. The summed E-state index contributed by atoms with van der Waals surface area (Å²) in [6.45, 7) is 4.29. The summed E-state index contributed by atoms with van der Waals surface area (Å²) in [5.74, 6) is -0.854. The van der Waals surface area contributed by atoms with E-state index in [1.165, 1.54) is 19.1 Å². The van der Waals surface area contributed by atoms with Crippen molar-refractivity contribution in [1.82, 2.24) is 4.90 Å². The van der Waals surface area contributed by atoms with Gasteiger partial charge in [0.05, 0.1) is 5.92 Å². The standard InChI is InChI=1S/C23H25FN4O3/c1-16(29)25-19-4-8-21(9-5-19)28-15-17(14-22(28)30)23(31)27-12-10-26(11-13-27)20-6-2-18(24)3-7-20/h2-9,17H,10-15H2,1H3,(H,25,29). The van der Waals surface area contributed by atoms with Gasteiger partial charge in [-0.05, 0) is 48.5 Å². The molecule has 0 radical (unpaired) electrons. The van der Waals surface area contributed by atoms with Crippen molar-refractivity contribution in [2.75, 3.05) is 47.8 Å². The summed E-state index contributed by atoms with van der Waals surface area (Å²) >= 11 is 0. The topological polar surface area (TPSA) is 73.0 Å². The second-order valence-electron chi connectivity index (χ2n) is 7.92. The van der Waals surface area contributed by atoms with Gasteiger partial charge >= 0.3 is 0 Å². The molecule has 7 nitrogen and oxygen atoms in total. The van der Waals surface area contributed by atoms with Gasteiger partial charge in [0.2, 0.25) is 17.7 Å². The molecule has 2 aliphatic heterocycles. The van der Waals surface area contributed by atoms with Gasteiger partial charge < -0.3 is 20.0 Å². The molecule has 4 rings (SSSR count). The van der Waals surface area contributed by atoms with E-state index >= 15 is 0 Å². The van der Waals surface area contributed by atoms with Gasteiger partial charge in [0, 0.05) is 63.1 Å². The van der Waals surface area contributed by atoms with E-state index < -0.39 is 0 Å². The molecule has 2 aromatic rings. The highest BCUT2D eigenvalue weighted by Gasteiger charge is 2.38. The molecular formula is C23H25FN4O3. The van der Waals surface area contributed by atoms with Crippen LogP contribution in [0, 0.1) is 11.7 Å². The predicted molar refractivity (Wildman–Crippen MR) is 116 cm³/mol. The van der Waals surface area contributed by atoms with Crippen molar-refractivity contribution in [1.29, 1.82) is 0 Å². The number of piperazine rings is 1. The van der Waals surface area contributed by atoms with E-state index in [1.807, 2.05) is 4.90 Å².